The molecule has 1 N–H and O–H groups in total. The van der Waals surface area contributed by atoms with Gasteiger partial charge >= 0.3 is 0 Å². The molecule has 1 atom stereocenters. The summed E-state index contributed by atoms with van der Waals surface area (Å²) in [6.45, 7) is 8.29. The Morgan fingerprint density at radius 1 is 1.10 bits per heavy atom. The van der Waals surface area contributed by atoms with Crippen LogP contribution in [0.1, 0.15) is 51.5 Å². The van der Waals surface area contributed by atoms with Gasteiger partial charge in [0.15, 0.2) is 0 Å². The van der Waals surface area contributed by atoms with Gasteiger partial charge in [-0.1, -0.05) is 26.0 Å². The monoisotopic (exact) mass is 291 g/mol. The van der Waals surface area contributed by atoms with Gasteiger partial charge in [0.05, 0.1) is 12.2 Å². The van der Waals surface area contributed by atoms with Crippen LogP contribution in [0.2, 0.25) is 0 Å². The molecule has 3 heteroatoms. The number of aliphatic hydroxyl groups is 1. The smallest absolute Gasteiger partial charge is 0.119 e. The van der Waals surface area contributed by atoms with Crippen molar-refractivity contribution in [2.45, 2.75) is 51.6 Å². The molecule has 3 nitrogen and oxygen atoms in total. The van der Waals surface area contributed by atoms with Crippen LogP contribution >= 0.6 is 0 Å². The minimum atomic E-state index is -0.675. The zero-order chi connectivity index (χ0) is 15.1. The highest BCUT2D eigenvalue weighted by atomic mass is 16.5. The molecular weight excluding hydrogens is 262 g/mol. The Labute approximate surface area is 128 Å². The highest BCUT2D eigenvalue weighted by Gasteiger charge is 2.31. The molecule has 1 aliphatic rings. The molecule has 1 heterocycles. The first-order chi connectivity index (χ1) is 10.2. The third-order valence-electron chi connectivity index (χ3n) is 4.31. The van der Waals surface area contributed by atoms with Crippen LogP contribution < -0.4 is 4.74 Å². The molecule has 1 saturated heterocycles. The van der Waals surface area contributed by atoms with Crippen LogP contribution in [0.15, 0.2) is 24.3 Å². The van der Waals surface area contributed by atoms with E-state index in [4.69, 9.17) is 4.74 Å². The van der Waals surface area contributed by atoms with Gasteiger partial charge in [-0.05, 0) is 62.9 Å². The lowest BCUT2D eigenvalue weighted by Crippen LogP contribution is -2.29. The van der Waals surface area contributed by atoms with E-state index in [9.17, 15) is 5.11 Å². The Bertz CT molecular complexity index is 418. The maximum Gasteiger partial charge on any atom is 0.119 e. The number of nitrogens with zero attached hydrogens (tertiary/aromatic N) is 1. The molecule has 0 bridgehead atoms. The highest BCUT2D eigenvalue weighted by Crippen LogP contribution is 2.33. The molecule has 1 unspecified atom stereocenters. The van der Waals surface area contributed by atoms with Crippen molar-refractivity contribution in [1.29, 1.82) is 0 Å². The van der Waals surface area contributed by atoms with Crippen molar-refractivity contribution in [2.75, 3.05) is 26.2 Å². The minimum Gasteiger partial charge on any atom is -0.494 e. The average Bonchev–Trinajstić information content (AvgIpc) is 2.69. The van der Waals surface area contributed by atoms with Gasteiger partial charge in [-0.25, -0.2) is 0 Å². The number of ether oxygens (including phenoxy) is 1. The first kappa shape index (κ1) is 16.3. The second kappa shape index (κ2) is 7.81. The predicted molar refractivity (Wildman–Crippen MR) is 86.7 cm³/mol. The zero-order valence-corrected chi connectivity index (χ0v) is 13.5. The van der Waals surface area contributed by atoms with Gasteiger partial charge in [0.2, 0.25) is 0 Å². The summed E-state index contributed by atoms with van der Waals surface area (Å²) in [5, 5.41) is 11.0. The Morgan fingerprint density at radius 2 is 1.86 bits per heavy atom. The minimum absolute atomic E-state index is 0.675. The van der Waals surface area contributed by atoms with Gasteiger partial charge in [0.25, 0.3) is 0 Å². The summed E-state index contributed by atoms with van der Waals surface area (Å²) in [6.07, 6.45) is 4.93. The predicted octanol–water partition coefficient (Wildman–Crippen LogP) is 3.56. The van der Waals surface area contributed by atoms with Crippen LogP contribution in [0.4, 0.5) is 0 Å². The standard InChI is InChI=1S/C18H29NO2/c1-3-12-19-13-5-10-18(20,11-14-19)16-6-8-17(9-7-16)21-15-4-2/h6-9,20H,3-5,10-15H2,1-2H3. The molecule has 1 aromatic carbocycles. The van der Waals surface area contributed by atoms with Gasteiger partial charge in [-0.15, -0.1) is 0 Å². The van der Waals surface area contributed by atoms with E-state index in [0.717, 1.165) is 63.2 Å². The molecule has 1 aromatic rings. The van der Waals surface area contributed by atoms with Gasteiger partial charge in [-0.3, -0.25) is 0 Å². The van der Waals surface area contributed by atoms with Crippen molar-refractivity contribution < 1.29 is 9.84 Å². The fourth-order valence-electron chi connectivity index (χ4n) is 3.08. The molecule has 1 aliphatic heterocycles. The largest absolute Gasteiger partial charge is 0.494 e. The summed E-state index contributed by atoms with van der Waals surface area (Å²) in [6, 6.07) is 8.02. The number of hydrogen-bond acceptors (Lipinski definition) is 3. The van der Waals surface area contributed by atoms with Crippen LogP contribution in [-0.4, -0.2) is 36.2 Å². The van der Waals surface area contributed by atoms with Crippen LogP contribution in [0.3, 0.4) is 0 Å². The fraction of sp³-hybridized carbons (Fsp3) is 0.667. The van der Waals surface area contributed by atoms with Crippen LogP contribution in [0.25, 0.3) is 0 Å². The normalized spacial score (nSPS) is 23.8. The van der Waals surface area contributed by atoms with E-state index < -0.39 is 5.60 Å². The number of benzene rings is 1. The van der Waals surface area contributed by atoms with Crippen molar-refractivity contribution in [2.24, 2.45) is 0 Å². The average molecular weight is 291 g/mol. The van der Waals surface area contributed by atoms with E-state index in [-0.39, 0.29) is 0 Å². The summed E-state index contributed by atoms with van der Waals surface area (Å²) in [4.78, 5) is 2.47. The Morgan fingerprint density at radius 3 is 2.52 bits per heavy atom. The number of hydrogen-bond donors (Lipinski definition) is 1. The van der Waals surface area contributed by atoms with E-state index in [1.54, 1.807) is 0 Å². The van der Waals surface area contributed by atoms with Gasteiger partial charge in [0.1, 0.15) is 5.75 Å². The molecule has 0 aromatic heterocycles. The highest BCUT2D eigenvalue weighted by molar-refractivity contribution is 5.31. The number of likely N-dealkylation sites (tertiary alicyclic amines) is 1. The lowest BCUT2D eigenvalue weighted by molar-refractivity contribution is 0.0212. The van der Waals surface area contributed by atoms with Crippen LogP contribution in [0, 0.1) is 0 Å². The van der Waals surface area contributed by atoms with Gasteiger partial charge in [0, 0.05) is 6.54 Å². The summed E-state index contributed by atoms with van der Waals surface area (Å²) >= 11 is 0. The van der Waals surface area contributed by atoms with Crippen molar-refractivity contribution in [3.8, 4) is 5.75 Å². The van der Waals surface area contributed by atoms with Crippen LogP contribution in [0.5, 0.6) is 5.75 Å². The maximum atomic E-state index is 11.0. The van der Waals surface area contributed by atoms with Crippen molar-refractivity contribution in [3.63, 3.8) is 0 Å². The van der Waals surface area contributed by atoms with Crippen molar-refractivity contribution in [1.82, 2.24) is 4.90 Å². The summed E-state index contributed by atoms with van der Waals surface area (Å²) in [5.74, 6) is 0.894. The van der Waals surface area contributed by atoms with Crippen molar-refractivity contribution >= 4 is 0 Å². The topological polar surface area (TPSA) is 32.7 Å². The number of rotatable bonds is 6. The van der Waals surface area contributed by atoms with Crippen molar-refractivity contribution in [3.05, 3.63) is 29.8 Å². The molecule has 118 valence electrons. The third-order valence-corrected chi connectivity index (χ3v) is 4.31. The summed E-state index contributed by atoms with van der Waals surface area (Å²) in [7, 11) is 0. The lowest BCUT2D eigenvalue weighted by Gasteiger charge is -2.27. The molecular formula is C18H29NO2. The van der Waals surface area contributed by atoms with E-state index in [0.29, 0.717) is 0 Å². The Hall–Kier alpha value is -1.06. The first-order valence-corrected chi connectivity index (χ1v) is 8.36. The molecule has 0 aliphatic carbocycles. The van der Waals surface area contributed by atoms with Crippen LogP contribution in [-0.2, 0) is 5.60 Å². The van der Waals surface area contributed by atoms with Gasteiger partial charge in [-0.2, -0.15) is 0 Å². The molecule has 0 spiro atoms. The summed E-state index contributed by atoms with van der Waals surface area (Å²) < 4.78 is 5.61. The molecule has 1 fully saturated rings. The van der Waals surface area contributed by atoms with E-state index >= 15 is 0 Å². The van der Waals surface area contributed by atoms with E-state index in [1.807, 2.05) is 24.3 Å². The van der Waals surface area contributed by atoms with E-state index in [2.05, 4.69) is 18.7 Å². The Balaban J connectivity index is 2.01. The SMILES string of the molecule is CCCOc1ccc(C2(O)CCCN(CCC)CC2)cc1. The quantitative estimate of drug-likeness (QED) is 0.870. The zero-order valence-electron chi connectivity index (χ0n) is 13.5. The second-order valence-corrected chi connectivity index (χ2v) is 6.10. The Kier molecular flexibility index (Phi) is 6.07. The second-order valence-electron chi connectivity index (χ2n) is 6.10. The first-order valence-electron chi connectivity index (χ1n) is 8.36. The molecule has 21 heavy (non-hydrogen) atoms. The molecule has 0 radical (unpaired) electrons. The lowest BCUT2D eigenvalue weighted by atomic mass is 9.87. The molecule has 0 amide bonds. The molecule has 2 rings (SSSR count). The molecule has 0 saturated carbocycles. The summed E-state index contributed by atoms with van der Waals surface area (Å²) in [5.41, 5.74) is 0.357. The maximum absolute atomic E-state index is 11.0. The van der Waals surface area contributed by atoms with E-state index in [1.165, 1.54) is 6.42 Å². The third kappa shape index (κ3) is 4.45. The van der Waals surface area contributed by atoms with Gasteiger partial charge < -0.3 is 14.7 Å². The fourth-order valence-corrected chi connectivity index (χ4v) is 3.08.